The van der Waals surface area contributed by atoms with E-state index >= 15 is 0 Å². The predicted octanol–water partition coefficient (Wildman–Crippen LogP) is 1.87. The van der Waals surface area contributed by atoms with E-state index in [-0.39, 0.29) is 12.5 Å². The van der Waals surface area contributed by atoms with Gasteiger partial charge in [-0.2, -0.15) is 0 Å². The number of halogens is 1. The molecule has 0 radical (unpaired) electrons. The molecule has 94 valence electrons. The second-order valence-corrected chi connectivity index (χ2v) is 5.62. The van der Waals surface area contributed by atoms with Gasteiger partial charge in [0.25, 0.3) is 5.91 Å². The Morgan fingerprint density at radius 3 is 2.65 bits per heavy atom. The molecule has 5 heteroatoms. The third kappa shape index (κ3) is 4.02. The summed E-state index contributed by atoms with van der Waals surface area (Å²) in [4.78, 5) is 13.6. The fourth-order valence-electron chi connectivity index (χ4n) is 1.57. The number of nitrogens with two attached hydrogens (primary N) is 1. The Balaban J connectivity index is 2.93. The van der Waals surface area contributed by atoms with Crippen molar-refractivity contribution in [3.05, 3.63) is 28.2 Å². The molecular weight excluding hydrogens is 284 g/mol. The number of carbonyl (C=O) groups is 1. The average molecular weight is 301 g/mol. The Morgan fingerprint density at radius 1 is 1.53 bits per heavy atom. The molecule has 0 aliphatic carbocycles. The summed E-state index contributed by atoms with van der Waals surface area (Å²) in [6, 6.07) is 5.13. The summed E-state index contributed by atoms with van der Waals surface area (Å²) in [7, 11) is 1.64. The Bertz CT molecular complexity index is 427. The fourth-order valence-corrected chi connectivity index (χ4v) is 1.93. The number of hydrogen-bond donors (Lipinski definition) is 2. The summed E-state index contributed by atoms with van der Waals surface area (Å²) >= 11 is 3.30. The molecule has 0 aromatic heterocycles. The molecule has 0 aliphatic heterocycles. The molecule has 0 fully saturated rings. The van der Waals surface area contributed by atoms with Gasteiger partial charge >= 0.3 is 0 Å². The lowest BCUT2D eigenvalue weighted by molar-refractivity contribution is 0.0368. The maximum absolute atomic E-state index is 12.1. The fraction of sp³-hybridized carbons (Fsp3) is 0.417. The van der Waals surface area contributed by atoms with Crippen molar-refractivity contribution in [3.8, 4) is 0 Å². The van der Waals surface area contributed by atoms with Crippen molar-refractivity contribution in [2.75, 3.05) is 19.3 Å². The number of hydrogen-bond acceptors (Lipinski definition) is 3. The van der Waals surface area contributed by atoms with Crippen molar-refractivity contribution >= 4 is 27.5 Å². The zero-order chi connectivity index (χ0) is 13.2. The SMILES string of the molecule is CN(CC(C)(C)O)C(=O)c1cc(Br)ccc1N. The first-order valence-corrected chi connectivity index (χ1v) is 6.03. The topological polar surface area (TPSA) is 66.6 Å². The first-order chi connectivity index (χ1) is 7.70. The molecule has 3 N–H and O–H groups in total. The van der Waals surface area contributed by atoms with E-state index in [0.717, 1.165) is 4.47 Å². The van der Waals surface area contributed by atoms with Gasteiger partial charge in [0.1, 0.15) is 0 Å². The first kappa shape index (κ1) is 14.0. The zero-order valence-corrected chi connectivity index (χ0v) is 11.8. The minimum Gasteiger partial charge on any atom is -0.398 e. The lowest BCUT2D eigenvalue weighted by Crippen LogP contribution is -2.39. The summed E-state index contributed by atoms with van der Waals surface area (Å²) in [6.45, 7) is 3.56. The van der Waals surface area contributed by atoms with Crippen LogP contribution in [-0.4, -0.2) is 35.1 Å². The quantitative estimate of drug-likeness (QED) is 0.838. The van der Waals surface area contributed by atoms with Crippen LogP contribution >= 0.6 is 15.9 Å². The number of nitrogen functional groups attached to an aromatic ring is 1. The smallest absolute Gasteiger partial charge is 0.255 e. The van der Waals surface area contributed by atoms with Crippen LogP contribution in [0.3, 0.4) is 0 Å². The van der Waals surface area contributed by atoms with Gasteiger partial charge in [-0.05, 0) is 32.0 Å². The van der Waals surface area contributed by atoms with Crippen molar-refractivity contribution in [2.45, 2.75) is 19.4 Å². The normalized spacial score (nSPS) is 11.4. The standard InChI is InChI=1S/C12H17BrN2O2/c1-12(2,17)7-15(3)11(16)9-6-8(13)4-5-10(9)14/h4-6,17H,7,14H2,1-3H3. The Morgan fingerprint density at radius 2 is 2.12 bits per heavy atom. The van der Waals surface area contributed by atoms with Crippen LogP contribution < -0.4 is 5.73 Å². The monoisotopic (exact) mass is 300 g/mol. The van der Waals surface area contributed by atoms with Crippen LogP contribution in [-0.2, 0) is 0 Å². The van der Waals surface area contributed by atoms with E-state index in [1.807, 2.05) is 0 Å². The third-order valence-corrected chi connectivity index (χ3v) is 2.71. The van der Waals surface area contributed by atoms with Crippen molar-refractivity contribution in [2.24, 2.45) is 0 Å². The van der Waals surface area contributed by atoms with Crippen molar-refractivity contribution in [1.82, 2.24) is 4.90 Å². The molecule has 1 aromatic rings. The maximum atomic E-state index is 12.1. The summed E-state index contributed by atoms with van der Waals surface area (Å²) in [5, 5.41) is 9.67. The molecule has 0 aliphatic rings. The van der Waals surface area contributed by atoms with E-state index in [2.05, 4.69) is 15.9 Å². The van der Waals surface area contributed by atoms with Crippen LogP contribution in [0.2, 0.25) is 0 Å². The molecule has 0 saturated carbocycles. The molecule has 0 atom stereocenters. The van der Waals surface area contributed by atoms with Crippen molar-refractivity contribution < 1.29 is 9.90 Å². The Kier molecular flexibility index (Phi) is 4.16. The molecule has 0 unspecified atom stereocenters. The third-order valence-electron chi connectivity index (χ3n) is 2.22. The van der Waals surface area contributed by atoms with Gasteiger partial charge in [-0.1, -0.05) is 15.9 Å². The molecule has 4 nitrogen and oxygen atoms in total. The van der Waals surface area contributed by atoms with E-state index in [0.29, 0.717) is 11.3 Å². The maximum Gasteiger partial charge on any atom is 0.255 e. The van der Waals surface area contributed by atoms with E-state index in [9.17, 15) is 9.90 Å². The van der Waals surface area contributed by atoms with E-state index in [4.69, 9.17) is 5.73 Å². The minimum absolute atomic E-state index is 0.203. The van der Waals surface area contributed by atoms with Crippen LogP contribution in [0.4, 0.5) is 5.69 Å². The van der Waals surface area contributed by atoms with E-state index in [1.165, 1.54) is 4.90 Å². The molecule has 0 bridgehead atoms. The zero-order valence-electron chi connectivity index (χ0n) is 10.2. The lowest BCUT2D eigenvalue weighted by atomic mass is 10.1. The van der Waals surface area contributed by atoms with Crippen LogP contribution in [0.15, 0.2) is 22.7 Å². The van der Waals surface area contributed by atoms with Gasteiger partial charge in [-0.25, -0.2) is 0 Å². The van der Waals surface area contributed by atoms with Crippen LogP contribution in [0.25, 0.3) is 0 Å². The van der Waals surface area contributed by atoms with Gasteiger partial charge < -0.3 is 15.7 Å². The van der Waals surface area contributed by atoms with Crippen LogP contribution in [0.1, 0.15) is 24.2 Å². The highest BCUT2D eigenvalue weighted by molar-refractivity contribution is 9.10. The molecule has 0 heterocycles. The number of carbonyl (C=O) groups excluding carboxylic acids is 1. The van der Waals surface area contributed by atoms with Crippen molar-refractivity contribution in [3.63, 3.8) is 0 Å². The number of anilines is 1. The number of nitrogens with zero attached hydrogens (tertiary/aromatic N) is 1. The highest BCUT2D eigenvalue weighted by Gasteiger charge is 2.21. The van der Waals surface area contributed by atoms with Gasteiger partial charge in [0.2, 0.25) is 0 Å². The highest BCUT2D eigenvalue weighted by atomic mass is 79.9. The molecule has 0 spiro atoms. The Hall–Kier alpha value is -1.07. The summed E-state index contributed by atoms with van der Waals surface area (Å²) in [5.41, 5.74) is 5.70. The van der Waals surface area contributed by atoms with Gasteiger partial charge in [0, 0.05) is 23.8 Å². The minimum atomic E-state index is -0.925. The summed E-state index contributed by atoms with van der Waals surface area (Å²) in [6.07, 6.45) is 0. The molecular formula is C12H17BrN2O2. The highest BCUT2D eigenvalue weighted by Crippen LogP contribution is 2.20. The van der Waals surface area contributed by atoms with Gasteiger partial charge in [-0.3, -0.25) is 4.79 Å². The van der Waals surface area contributed by atoms with Gasteiger partial charge in [0.15, 0.2) is 0 Å². The average Bonchev–Trinajstić information content (AvgIpc) is 2.18. The number of benzene rings is 1. The molecule has 17 heavy (non-hydrogen) atoms. The van der Waals surface area contributed by atoms with Crippen LogP contribution in [0.5, 0.6) is 0 Å². The number of amides is 1. The van der Waals surface area contributed by atoms with E-state index < -0.39 is 5.60 Å². The van der Waals surface area contributed by atoms with Crippen molar-refractivity contribution in [1.29, 1.82) is 0 Å². The first-order valence-electron chi connectivity index (χ1n) is 5.23. The molecule has 0 saturated heterocycles. The lowest BCUT2D eigenvalue weighted by Gasteiger charge is -2.26. The van der Waals surface area contributed by atoms with Crippen LogP contribution in [0, 0.1) is 0 Å². The second-order valence-electron chi connectivity index (χ2n) is 4.71. The van der Waals surface area contributed by atoms with Gasteiger partial charge in [0.05, 0.1) is 11.2 Å². The largest absolute Gasteiger partial charge is 0.398 e. The molecule has 1 amide bonds. The number of rotatable bonds is 3. The molecule has 1 aromatic carbocycles. The second kappa shape index (κ2) is 5.06. The van der Waals surface area contributed by atoms with E-state index in [1.54, 1.807) is 39.1 Å². The summed E-state index contributed by atoms with van der Waals surface area (Å²) < 4.78 is 0.798. The molecule has 1 rings (SSSR count). The van der Waals surface area contributed by atoms with Gasteiger partial charge in [-0.15, -0.1) is 0 Å². The Labute approximate surface area is 110 Å². The number of aliphatic hydroxyl groups is 1. The number of likely N-dealkylation sites (N-methyl/N-ethyl adjacent to an activating group) is 1. The predicted molar refractivity (Wildman–Crippen MR) is 71.8 cm³/mol. The summed E-state index contributed by atoms with van der Waals surface area (Å²) in [5.74, 6) is -0.203.